The average molecular weight is 180 g/mol. The Bertz CT molecular complexity index is 156. The molecule has 0 saturated heterocycles. The fourth-order valence-corrected chi connectivity index (χ4v) is 2.71. The molecule has 0 bridgehead atoms. The predicted molar refractivity (Wildman–Crippen MR) is 59.3 cm³/mol. The highest BCUT2D eigenvalue weighted by Crippen LogP contribution is 2.17. The highest BCUT2D eigenvalue weighted by atomic mass is 28.3. The Hall–Kier alpha value is -0.303. The zero-order valence-corrected chi connectivity index (χ0v) is 9.45. The van der Waals surface area contributed by atoms with Crippen molar-refractivity contribution < 1.29 is 0 Å². The predicted octanol–water partition coefficient (Wildman–Crippen LogP) is 3.39. The Morgan fingerprint density at radius 3 is 2.33 bits per heavy atom. The van der Waals surface area contributed by atoms with E-state index in [1.807, 2.05) is 0 Å². The second-order valence-corrected chi connectivity index (χ2v) is 7.48. The van der Waals surface area contributed by atoms with Crippen molar-refractivity contribution in [2.45, 2.75) is 38.4 Å². The first-order valence-corrected chi connectivity index (χ1v) is 8.26. The lowest BCUT2D eigenvalue weighted by Crippen LogP contribution is -1.98. The van der Waals surface area contributed by atoms with E-state index < -0.39 is 0 Å². The largest absolute Gasteiger partial charge is 0.0776 e. The molecule has 0 fully saturated rings. The molecular formula is C11H20Si. The Morgan fingerprint density at radius 2 is 1.75 bits per heavy atom. The quantitative estimate of drug-likeness (QED) is 0.449. The molecule has 0 spiro atoms. The maximum absolute atomic E-state index is 2.44. The van der Waals surface area contributed by atoms with Crippen molar-refractivity contribution in [1.29, 1.82) is 0 Å². The summed E-state index contributed by atoms with van der Waals surface area (Å²) < 4.78 is 0. The van der Waals surface area contributed by atoms with E-state index in [2.05, 4.69) is 37.4 Å². The minimum atomic E-state index is -0.272. The molecule has 1 rings (SSSR count). The summed E-state index contributed by atoms with van der Waals surface area (Å²) in [7, 11) is -0.272. The first-order valence-electron chi connectivity index (χ1n) is 5.14. The van der Waals surface area contributed by atoms with E-state index in [1.165, 1.54) is 25.3 Å². The van der Waals surface area contributed by atoms with Gasteiger partial charge in [-0.1, -0.05) is 56.3 Å². The molecule has 0 heterocycles. The third-order valence-electron chi connectivity index (χ3n) is 2.40. The van der Waals surface area contributed by atoms with Crippen molar-refractivity contribution in [3.63, 3.8) is 0 Å². The van der Waals surface area contributed by atoms with Gasteiger partial charge in [0, 0.05) is 8.80 Å². The molecule has 0 aliphatic heterocycles. The lowest BCUT2D eigenvalue weighted by Gasteiger charge is -2.05. The van der Waals surface area contributed by atoms with Gasteiger partial charge in [-0.25, -0.2) is 0 Å². The topological polar surface area (TPSA) is 0 Å². The number of allylic oxidation sites excluding steroid dienone is 4. The van der Waals surface area contributed by atoms with Crippen LogP contribution in [-0.2, 0) is 0 Å². The fraction of sp³-hybridized carbons (Fsp3) is 0.636. The van der Waals surface area contributed by atoms with E-state index in [0.29, 0.717) is 0 Å². The fourth-order valence-electron chi connectivity index (χ4n) is 1.60. The minimum absolute atomic E-state index is 0.272. The molecule has 68 valence electrons. The molecular weight excluding hydrogens is 160 g/mol. The first-order chi connectivity index (χ1) is 5.79. The molecule has 0 N–H and O–H groups in total. The molecule has 0 aromatic rings. The highest BCUT2D eigenvalue weighted by Gasteiger charge is 2.03. The molecule has 0 atom stereocenters. The molecule has 0 aromatic heterocycles. The maximum atomic E-state index is 2.44. The summed E-state index contributed by atoms with van der Waals surface area (Å²) in [4.78, 5) is 0. The Balaban J connectivity index is 1.95. The van der Waals surface area contributed by atoms with Crippen molar-refractivity contribution in [3.8, 4) is 0 Å². The van der Waals surface area contributed by atoms with Crippen LogP contribution in [0.2, 0.25) is 19.1 Å². The van der Waals surface area contributed by atoms with Crippen molar-refractivity contribution in [3.05, 3.63) is 24.3 Å². The van der Waals surface area contributed by atoms with Gasteiger partial charge in [0.1, 0.15) is 0 Å². The standard InChI is InChI=1S/C11H20Si/c1-12(2)10-6-5-9-11-7-3-4-8-11/h3-4,7-8,11-12H,5-6,9-10H2,1-2H3. The number of hydrogen-bond acceptors (Lipinski definition) is 0. The van der Waals surface area contributed by atoms with E-state index in [4.69, 9.17) is 0 Å². The van der Waals surface area contributed by atoms with E-state index >= 15 is 0 Å². The van der Waals surface area contributed by atoms with Crippen LogP contribution >= 0.6 is 0 Å². The average Bonchev–Trinajstić information content (AvgIpc) is 2.49. The van der Waals surface area contributed by atoms with Crippen LogP contribution in [0.4, 0.5) is 0 Å². The van der Waals surface area contributed by atoms with Crippen molar-refractivity contribution in [1.82, 2.24) is 0 Å². The Kier molecular flexibility index (Phi) is 4.37. The van der Waals surface area contributed by atoms with Gasteiger partial charge in [0.05, 0.1) is 0 Å². The van der Waals surface area contributed by atoms with E-state index in [0.717, 1.165) is 5.92 Å². The molecule has 0 nitrogen and oxygen atoms in total. The summed E-state index contributed by atoms with van der Waals surface area (Å²) in [5.41, 5.74) is 0. The maximum Gasteiger partial charge on any atom is 0.0305 e. The van der Waals surface area contributed by atoms with Crippen LogP contribution in [0.1, 0.15) is 19.3 Å². The molecule has 1 aliphatic carbocycles. The van der Waals surface area contributed by atoms with Crippen molar-refractivity contribution in [2.75, 3.05) is 0 Å². The van der Waals surface area contributed by atoms with Crippen LogP contribution in [0.15, 0.2) is 24.3 Å². The summed E-state index contributed by atoms with van der Waals surface area (Å²) >= 11 is 0. The van der Waals surface area contributed by atoms with Crippen LogP contribution in [0, 0.1) is 5.92 Å². The van der Waals surface area contributed by atoms with Gasteiger partial charge < -0.3 is 0 Å². The van der Waals surface area contributed by atoms with Gasteiger partial charge >= 0.3 is 0 Å². The molecule has 0 unspecified atom stereocenters. The SMILES string of the molecule is C[SiH](C)CCCCC1C=CC=C1. The molecule has 12 heavy (non-hydrogen) atoms. The summed E-state index contributed by atoms with van der Waals surface area (Å²) in [5.74, 6) is 0.763. The van der Waals surface area contributed by atoms with Crippen LogP contribution in [0.5, 0.6) is 0 Å². The molecule has 0 saturated carbocycles. The summed E-state index contributed by atoms with van der Waals surface area (Å²) in [6.07, 6.45) is 13.2. The lowest BCUT2D eigenvalue weighted by molar-refractivity contribution is 0.645. The number of rotatable bonds is 5. The third-order valence-corrected chi connectivity index (χ3v) is 3.96. The smallest absolute Gasteiger partial charge is 0.0305 e. The normalized spacial score (nSPS) is 16.6. The van der Waals surface area contributed by atoms with Crippen molar-refractivity contribution >= 4 is 8.80 Å². The molecule has 0 aromatic carbocycles. The van der Waals surface area contributed by atoms with Crippen LogP contribution < -0.4 is 0 Å². The summed E-state index contributed by atoms with van der Waals surface area (Å²) in [6.45, 7) is 4.88. The number of unbranched alkanes of at least 4 members (excludes halogenated alkanes) is 1. The number of hydrogen-bond donors (Lipinski definition) is 0. The van der Waals surface area contributed by atoms with Gasteiger partial charge in [-0.05, 0) is 12.3 Å². The summed E-state index contributed by atoms with van der Waals surface area (Å²) in [6, 6.07) is 1.53. The van der Waals surface area contributed by atoms with Gasteiger partial charge in [-0.2, -0.15) is 0 Å². The van der Waals surface area contributed by atoms with E-state index in [-0.39, 0.29) is 8.80 Å². The second-order valence-electron chi connectivity index (χ2n) is 4.11. The Morgan fingerprint density at radius 1 is 1.08 bits per heavy atom. The third kappa shape index (κ3) is 3.91. The second kappa shape index (κ2) is 5.36. The molecule has 0 amide bonds. The van der Waals surface area contributed by atoms with Gasteiger partial charge in [-0.15, -0.1) is 0 Å². The van der Waals surface area contributed by atoms with Crippen LogP contribution in [-0.4, -0.2) is 8.80 Å². The zero-order chi connectivity index (χ0) is 8.81. The zero-order valence-electron chi connectivity index (χ0n) is 8.29. The van der Waals surface area contributed by atoms with Gasteiger partial charge in [-0.3, -0.25) is 0 Å². The highest BCUT2D eigenvalue weighted by molar-refractivity contribution is 6.55. The van der Waals surface area contributed by atoms with Gasteiger partial charge in [0.2, 0.25) is 0 Å². The van der Waals surface area contributed by atoms with Gasteiger partial charge in [0.15, 0.2) is 0 Å². The first kappa shape index (κ1) is 9.78. The van der Waals surface area contributed by atoms with Crippen molar-refractivity contribution in [2.24, 2.45) is 5.92 Å². The van der Waals surface area contributed by atoms with E-state index in [1.54, 1.807) is 0 Å². The van der Waals surface area contributed by atoms with Crippen LogP contribution in [0.25, 0.3) is 0 Å². The minimum Gasteiger partial charge on any atom is -0.0776 e. The van der Waals surface area contributed by atoms with E-state index in [9.17, 15) is 0 Å². The lowest BCUT2D eigenvalue weighted by atomic mass is 10.0. The van der Waals surface area contributed by atoms with Gasteiger partial charge in [0.25, 0.3) is 0 Å². The monoisotopic (exact) mass is 180 g/mol. The molecule has 0 radical (unpaired) electrons. The Labute approximate surface area is 78.0 Å². The summed E-state index contributed by atoms with van der Waals surface area (Å²) in [5, 5.41) is 0. The van der Waals surface area contributed by atoms with Crippen LogP contribution in [0.3, 0.4) is 0 Å². The molecule has 1 aliphatic rings. The molecule has 1 heteroatoms.